The maximum atomic E-state index is 11.9. The quantitative estimate of drug-likeness (QED) is 0.838. The van der Waals surface area contributed by atoms with E-state index in [2.05, 4.69) is 20.4 Å². The zero-order valence-corrected chi connectivity index (χ0v) is 13.1. The molecule has 0 aliphatic carbocycles. The largest absolute Gasteiger partial charge is 0.352 e. The first-order valence-electron chi connectivity index (χ1n) is 7.25. The molecule has 9 heteroatoms. The number of aryl methyl sites for hydroxylation is 1. The molecule has 0 radical (unpaired) electrons. The third kappa shape index (κ3) is 4.13. The van der Waals surface area contributed by atoms with Crippen molar-refractivity contribution in [1.82, 2.24) is 20.4 Å². The van der Waals surface area contributed by atoms with Crippen LogP contribution in [0.5, 0.6) is 0 Å². The first-order valence-corrected chi connectivity index (χ1v) is 9.07. The molecular formula is C14H16N4O4S. The van der Waals surface area contributed by atoms with Crippen LogP contribution < -0.4 is 5.32 Å². The van der Waals surface area contributed by atoms with Gasteiger partial charge in [-0.1, -0.05) is 5.16 Å². The fraction of sp³-hybridized carbons (Fsp3) is 0.429. The molecule has 122 valence electrons. The molecule has 0 saturated carbocycles. The van der Waals surface area contributed by atoms with E-state index in [4.69, 9.17) is 4.52 Å². The Morgan fingerprint density at radius 1 is 1.35 bits per heavy atom. The molecule has 8 nitrogen and oxygen atoms in total. The second-order valence-corrected chi connectivity index (χ2v) is 7.64. The summed E-state index contributed by atoms with van der Waals surface area (Å²) in [6.07, 6.45) is 4.22. The smallest absolute Gasteiger partial charge is 0.227 e. The summed E-state index contributed by atoms with van der Waals surface area (Å²) in [4.78, 5) is 20.0. The minimum atomic E-state index is -3.00. The van der Waals surface area contributed by atoms with Crippen molar-refractivity contribution in [2.24, 2.45) is 0 Å². The Labute approximate surface area is 133 Å². The summed E-state index contributed by atoms with van der Waals surface area (Å²) in [6.45, 7) is 0. The lowest BCUT2D eigenvalue weighted by molar-refractivity contribution is -0.121. The maximum Gasteiger partial charge on any atom is 0.227 e. The highest BCUT2D eigenvalue weighted by Gasteiger charge is 2.28. The average Bonchev–Trinajstić information content (AvgIpc) is 3.13. The van der Waals surface area contributed by atoms with Crippen molar-refractivity contribution in [3.63, 3.8) is 0 Å². The standard InChI is InChI=1S/C14H16N4O4S/c19-12(16-11-5-8-23(20,21)9-11)1-2-13-17-14(18-22-13)10-3-6-15-7-4-10/h3-4,6-7,11H,1-2,5,8-9H2,(H,16,19). The Kier molecular flexibility index (Phi) is 4.37. The van der Waals surface area contributed by atoms with E-state index >= 15 is 0 Å². The highest BCUT2D eigenvalue weighted by atomic mass is 32.2. The lowest BCUT2D eigenvalue weighted by Gasteiger charge is -2.09. The molecule has 1 fully saturated rings. The van der Waals surface area contributed by atoms with Crippen LogP contribution in [0.25, 0.3) is 11.4 Å². The second kappa shape index (κ2) is 6.45. The molecule has 23 heavy (non-hydrogen) atoms. The summed E-state index contributed by atoms with van der Waals surface area (Å²) in [6, 6.07) is 3.24. The number of nitrogens with zero attached hydrogens (tertiary/aromatic N) is 3. The number of hydrogen-bond acceptors (Lipinski definition) is 7. The first-order chi connectivity index (χ1) is 11.0. The van der Waals surface area contributed by atoms with Crippen LogP contribution in [-0.2, 0) is 21.1 Å². The molecule has 1 saturated heterocycles. The molecule has 1 N–H and O–H groups in total. The molecule has 3 heterocycles. The van der Waals surface area contributed by atoms with Gasteiger partial charge in [0.2, 0.25) is 17.6 Å². The predicted molar refractivity (Wildman–Crippen MR) is 81.1 cm³/mol. The van der Waals surface area contributed by atoms with E-state index in [1.54, 1.807) is 24.5 Å². The van der Waals surface area contributed by atoms with Crippen LogP contribution in [0.3, 0.4) is 0 Å². The van der Waals surface area contributed by atoms with E-state index in [0.717, 1.165) is 5.56 Å². The van der Waals surface area contributed by atoms with Crippen molar-refractivity contribution in [2.75, 3.05) is 11.5 Å². The van der Waals surface area contributed by atoms with E-state index in [1.807, 2.05) is 0 Å². The number of amides is 1. The molecule has 1 unspecified atom stereocenters. The van der Waals surface area contributed by atoms with Gasteiger partial charge in [0.25, 0.3) is 0 Å². The van der Waals surface area contributed by atoms with Gasteiger partial charge in [0.15, 0.2) is 9.84 Å². The number of aromatic nitrogens is 3. The van der Waals surface area contributed by atoms with E-state index in [9.17, 15) is 13.2 Å². The molecule has 3 rings (SSSR count). The van der Waals surface area contributed by atoms with Crippen molar-refractivity contribution < 1.29 is 17.7 Å². The van der Waals surface area contributed by atoms with Crippen LogP contribution in [0, 0.1) is 0 Å². The summed E-state index contributed by atoms with van der Waals surface area (Å²) < 4.78 is 27.8. The number of carbonyl (C=O) groups excluding carboxylic acids is 1. The van der Waals surface area contributed by atoms with Crippen LogP contribution in [-0.4, -0.2) is 47.0 Å². The van der Waals surface area contributed by atoms with Gasteiger partial charge in [-0.15, -0.1) is 0 Å². The van der Waals surface area contributed by atoms with Gasteiger partial charge in [-0.3, -0.25) is 9.78 Å². The molecule has 0 spiro atoms. The van der Waals surface area contributed by atoms with Crippen molar-refractivity contribution in [3.05, 3.63) is 30.4 Å². The maximum absolute atomic E-state index is 11.9. The van der Waals surface area contributed by atoms with E-state index in [1.165, 1.54) is 0 Å². The molecule has 1 aliphatic rings. The lowest BCUT2D eigenvalue weighted by Crippen LogP contribution is -2.35. The molecule has 0 aromatic carbocycles. The van der Waals surface area contributed by atoms with Crippen molar-refractivity contribution in [3.8, 4) is 11.4 Å². The molecule has 1 atom stereocenters. The Bertz CT molecular complexity index is 788. The van der Waals surface area contributed by atoms with Gasteiger partial charge in [-0.05, 0) is 18.6 Å². The Morgan fingerprint density at radius 3 is 2.83 bits per heavy atom. The van der Waals surface area contributed by atoms with E-state index < -0.39 is 9.84 Å². The molecule has 2 aromatic rings. The van der Waals surface area contributed by atoms with Gasteiger partial charge in [0, 0.05) is 36.8 Å². The Balaban J connectivity index is 1.51. The van der Waals surface area contributed by atoms with Crippen LogP contribution in [0.1, 0.15) is 18.7 Å². The van der Waals surface area contributed by atoms with Gasteiger partial charge in [-0.2, -0.15) is 4.98 Å². The molecular weight excluding hydrogens is 320 g/mol. The van der Waals surface area contributed by atoms with Gasteiger partial charge in [0.1, 0.15) is 0 Å². The van der Waals surface area contributed by atoms with Gasteiger partial charge < -0.3 is 9.84 Å². The van der Waals surface area contributed by atoms with Crippen molar-refractivity contribution >= 4 is 15.7 Å². The number of rotatable bonds is 5. The van der Waals surface area contributed by atoms with Gasteiger partial charge >= 0.3 is 0 Å². The normalized spacial score (nSPS) is 19.6. The monoisotopic (exact) mass is 336 g/mol. The number of sulfone groups is 1. The van der Waals surface area contributed by atoms with Crippen LogP contribution in [0.15, 0.2) is 29.0 Å². The van der Waals surface area contributed by atoms with Crippen LogP contribution in [0.2, 0.25) is 0 Å². The molecule has 2 aromatic heterocycles. The van der Waals surface area contributed by atoms with Crippen LogP contribution in [0.4, 0.5) is 0 Å². The zero-order chi connectivity index (χ0) is 16.3. The summed E-state index contributed by atoms with van der Waals surface area (Å²) in [5.74, 6) is 0.758. The number of hydrogen-bond donors (Lipinski definition) is 1. The minimum Gasteiger partial charge on any atom is -0.352 e. The lowest BCUT2D eigenvalue weighted by atomic mass is 10.2. The summed E-state index contributed by atoms with van der Waals surface area (Å²) in [7, 11) is -3.00. The predicted octanol–water partition coefficient (Wildman–Crippen LogP) is 0.367. The molecule has 0 bridgehead atoms. The highest BCUT2D eigenvalue weighted by molar-refractivity contribution is 7.91. The number of nitrogens with one attached hydrogen (secondary N) is 1. The van der Waals surface area contributed by atoms with Crippen LogP contribution >= 0.6 is 0 Å². The van der Waals surface area contributed by atoms with E-state index in [-0.39, 0.29) is 29.9 Å². The third-order valence-electron chi connectivity index (χ3n) is 3.57. The fourth-order valence-corrected chi connectivity index (χ4v) is 4.08. The third-order valence-corrected chi connectivity index (χ3v) is 5.34. The van der Waals surface area contributed by atoms with Crippen molar-refractivity contribution in [1.29, 1.82) is 0 Å². The molecule has 1 amide bonds. The topological polar surface area (TPSA) is 115 Å². The first kappa shape index (κ1) is 15.6. The SMILES string of the molecule is O=C(CCc1nc(-c2ccncc2)no1)NC1CCS(=O)(=O)C1. The summed E-state index contributed by atoms with van der Waals surface area (Å²) in [5, 5.41) is 6.59. The summed E-state index contributed by atoms with van der Waals surface area (Å²) >= 11 is 0. The van der Waals surface area contributed by atoms with E-state index in [0.29, 0.717) is 24.6 Å². The average molecular weight is 336 g/mol. The minimum absolute atomic E-state index is 0.0193. The summed E-state index contributed by atoms with van der Waals surface area (Å²) in [5.41, 5.74) is 0.788. The van der Waals surface area contributed by atoms with Gasteiger partial charge in [0.05, 0.1) is 11.5 Å². The Hall–Kier alpha value is -2.29. The molecule has 1 aliphatic heterocycles. The number of pyridine rings is 1. The number of carbonyl (C=O) groups is 1. The van der Waals surface area contributed by atoms with Gasteiger partial charge in [-0.25, -0.2) is 8.42 Å². The zero-order valence-electron chi connectivity index (χ0n) is 12.3. The Morgan fingerprint density at radius 2 is 2.13 bits per heavy atom. The fourth-order valence-electron chi connectivity index (χ4n) is 2.40. The highest BCUT2D eigenvalue weighted by Crippen LogP contribution is 2.15. The second-order valence-electron chi connectivity index (χ2n) is 5.42. The van der Waals surface area contributed by atoms with Crippen molar-refractivity contribution in [2.45, 2.75) is 25.3 Å².